The van der Waals surface area contributed by atoms with E-state index in [-0.39, 0.29) is 66.2 Å². The highest BCUT2D eigenvalue weighted by molar-refractivity contribution is 5.08. The van der Waals surface area contributed by atoms with Crippen LogP contribution in [0.3, 0.4) is 0 Å². The average Bonchev–Trinajstić information content (AvgIpc) is 3.70. The zero-order valence-electron chi connectivity index (χ0n) is 28.7. The number of aliphatic hydroxyl groups excluding tert-OH is 2. The van der Waals surface area contributed by atoms with Gasteiger partial charge in [-0.2, -0.15) is 0 Å². The Bertz CT molecular complexity index is 978. The van der Waals surface area contributed by atoms with Crippen LogP contribution in [0.2, 0.25) is 0 Å². The van der Waals surface area contributed by atoms with Gasteiger partial charge in [0, 0.05) is 37.7 Å². The summed E-state index contributed by atoms with van der Waals surface area (Å²) >= 11 is 0. The van der Waals surface area contributed by atoms with Crippen LogP contribution in [-0.2, 0) is 28.4 Å². The first kappa shape index (κ1) is 35.0. The van der Waals surface area contributed by atoms with Crippen molar-refractivity contribution in [1.82, 2.24) is 0 Å². The minimum Gasteiger partial charge on any atom is -0.393 e. The van der Waals surface area contributed by atoms with Crippen LogP contribution in [0.4, 0.5) is 0 Å². The largest absolute Gasteiger partial charge is 0.393 e. The summed E-state index contributed by atoms with van der Waals surface area (Å²) in [6, 6.07) is 0. The molecular weight excluding hydrogens is 564 g/mol. The lowest BCUT2D eigenvalue weighted by Gasteiger charge is -2.48. The van der Waals surface area contributed by atoms with Crippen molar-refractivity contribution in [3.8, 4) is 0 Å². The van der Waals surface area contributed by atoms with Gasteiger partial charge in [-0.15, -0.1) is 0 Å². The van der Waals surface area contributed by atoms with Crippen molar-refractivity contribution in [3.63, 3.8) is 0 Å². The van der Waals surface area contributed by atoms with E-state index in [0.717, 1.165) is 38.5 Å². The smallest absolute Gasteiger partial charge is 0.192 e. The molecule has 9 nitrogen and oxygen atoms in total. The van der Waals surface area contributed by atoms with E-state index in [4.69, 9.17) is 28.4 Å². The summed E-state index contributed by atoms with van der Waals surface area (Å²) in [4.78, 5) is 0. The van der Waals surface area contributed by atoms with Crippen LogP contribution in [0.15, 0.2) is 0 Å². The minimum atomic E-state index is -1.54. The molecule has 0 amide bonds. The third-order valence-electron chi connectivity index (χ3n) is 12.5. The highest BCUT2D eigenvalue weighted by Crippen LogP contribution is 2.54. The fraction of sp³-hybridized carbons (Fsp3) is 0.971. The lowest BCUT2D eigenvalue weighted by atomic mass is 9.80. The van der Waals surface area contributed by atoms with Gasteiger partial charge < -0.3 is 43.7 Å². The number of ether oxygens (including phenoxy) is 6. The lowest BCUT2D eigenvalue weighted by molar-refractivity contribution is -0.335. The third-order valence-corrected chi connectivity index (χ3v) is 12.5. The van der Waals surface area contributed by atoms with Gasteiger partial charge in [-0.05, 0) is 63.7 Å². The number of aliphatic hydroxyl groups is 3. The second-order valence-electron chi connectivity index (χ2n) is 15.5. The predicted molar refractivity (Wildman–Crippen MR) is 165 cm³/mol. The van der Waals surface area contributed by atoms with E-state index >= 15 is 0 Å². The normalized spacial score (nSPS) is 52.9. The van der Waals surface area contributed by atoms with Crippen molar-refractivity contribution >= 4 is 0 Å². The molecule has 16 atom stereocenters. The molecule has 0 bridgehead atoms. The van der Waals surface area contributed by atoms with E-state index in [1.807, 2.05) is 13.8 Å². The Morgan fingerprint density at radius 2 is 1.75 bits per heavy atom. The lowest BCUT2D eigenvalue weighted by Crippen LogP contribution is -2.56. The molecule has 0 aromatic heterocycles. The summed E-state index contributed by atoms with van der Waals surface area (Å²) in [5.41, 5.74) is -0.987. The molecule has 5 rings (SSSR count). The van der Waals surface area contributed by atoms with Gasteiger partial charge in [0.25, 0.3) is 0 Å². The van der Waals surface area contributed by atoms with Gasteiger partial charge in [0.05, 0.1) is 60.5 Å². The van der Waals surface area contributed by atoms with E-state index in [1.54, 1.807) is 7.11 Å². The topological polar surface area (TPSA) is 116 Å². The number of hydrogen-bond acceptors (Lipinski definition) is 9. The molecule has 44 heavy (non-hydrogen) atoms. The molecule has 0 aromatic carbocycles. The van der Waals surface area contributed by atoms with E-state index < -0.39 is 35.5 Å². The zero-order valence-corrected chi connectivity index (χ0v) is 28.7. The Morgan fingerprint density at radius 1 is 1.02 bits per heavy atom. The SMILES string of the molecule is C[CH][C@H](OC)[C@H](C)[C@H]1OC2(CC[C@@](C)([C@H]3CC[C@@](CC)([C@@H]4OC([C@H]5O[C@@](O)(CO)[C@H](C)C[C@@H]5C)C[C@@H]4C)O3)O2)C[C@H](O)[C@H]1C. The first-order chi connectivity index (χ1) is 20.7. The van der Waals surface area contributed by atoms with Gasteiger partial charge in [0.2, 0.25) is 0 Å². The molecule has 2 unspecified atom stereocenters. The Labute approximate surface area is 265 Å². The van der Waals surface area contributed by atoms with Crippen molar-refractivity contribution in [2.45, 2.75) is 172 Å². The molecule has 0 aromatic rings. The average molecular weight is 626 g/mol. The summed E-state index contributed by atoms with van der Waals surface area (Å²) in [5.74, 6) is -2.02. The Hall–Kier alpha value is -0.360. The molecule has 5 aliphatic rings. The maximum atomic E-state index is 11.2. The summed E-state index contributed by atoms with van der Waals surface area (Å²) in [6.07, 6.45) is 6.72. The molecule has 255 valence electrons. The summed E-state index contributed by atoms with van der Waals surface area (Å²) < 4.78 is 39.6. The van der Waals surface area contributed by atoms with Crippen molar-refractivity contribution in [3.05, 3.63) is 6.42 Å². The molecule has 0 aliphatic carbocycles. The number of hydrogen-bond donors (Lipinski definition) is 3. The highest BCUT2D eigenvalue weighted by Gasteiger charge is 2.62. The molecule has 0 saturated carbocycles. The van der Waals surface area contributed by atoms with Crippen LogP contribution in [0.5, 0.6) is 0 Å². The maximum Gasteiger partial charge on any atom is 0.192 e. The summed E-state index contributed by atoms with van der Waals surface area (Å²) in [6.45, 7) is 16.4. The summed E-state index contributed by atoms with van der Waals surface area (Å²) in [5, 5.41) is 32.1. The van der Waals surface area contributed by atoms with Crippen LogP contribution in [-0.4, -0.2) is 94.5 Å². The van der Waals surface area contributed by atoms with E-state index in [0.29, 0.717) is 12.8 Å². The zero-order chi connectivity index (χ0) is 32.2. The molecule has 5 saturated heterocycles. The fourth-order valence-corrected chi connectivity index (χ4v) is 9.55. The molecular formula is C35H61O9. The van der Waals surface area contributed by atoms with Crippen molar-refractivity contribution in [1.29, 1.82) is 0 Å². The third kappa shape index (κ3) is 6.05. The molecule has 9 heteroatoms. The summed E-state index contributed by atoms with van der Waals surface area (Å²) in [7, 11) is 1.72. The molecule has 3 N–H and O–H groups in total. The first-order valence-corrected chi connectivity index (χ1v) is 17.4. The molecule has 5 aliphatic heterocycles. The molecule has 1 radical (unpaired) electrons. The second kappa shape index (κ2) is 12.9. The van der Waals surface area contributed by atoms with E-state index in [1.165, 1.54) is 0 Å². The van der Waals surface area contributed by atoms with Crippen LogP contribution in [0, 0.1) is 36.0 Å². The van der Waals surface area contributed by atoms with Gasteiger partial charge in [-0.3, -0.25) is 0 Å². The predicted octanol–water partition coefficient (Wildman–Crippen LogP) is 4.78. The van der Waals surface area contributed by atoms with E-state index in [9.17, 15) is 15.3 Å². The molecule has 1 spiro atoms. The van der Waals surface area contributed by atoms with Crippen LogP contribution in [0.1, 0.15) is 107 Å². The quantitative estimate of drug-likeness (QED) is 0.333. The van der Waals surface area contributed by atoms with Gasteiger partial charge in [0.15, 0.2) is 11.6 Å². The minimum absolute atomic E-state index is 0.0273. The van der Waals surface area contributed by atoms with Crippen LogP contribution >= 0.6 is 0 Å². The van der Waals surface area contributed by atoms with Gasteiger partial charge in [0.1, 0.15) is 0 Å². The van der Waals surface area contributed by atoms with Crippen LogP contribution < -0.4 is 0 Å². The monoisotopic (exact) mass is 625 g/mol. The highest BCUT2D eigenvalue weighted by atomic mass is 16.7. The molecule has 5 heterocycles. The fourth-order valence-electron chi connectivity index (χ4n) is 9.55. The number of methoxy groups -OCH3 is 1. The van der Waals surface area contributed by atoms with Gasteiger partial charge in [-0.1, -0.05) is 48.5 Å². The first-order valence-electron chi connectivity index (χ1n) is 17.4. The Kier molecular flexibility index (Phi) is 10.3. The molecule has 5 fully saturated rings. The second-order valence-corrected chi connectivity index (χ2v) is 15.5. The standard InChI is InChI=1S/C35H61O9/c1-10-26(39-9)24(7)30-23(6)25(37)18-34(42-30)15-14-32(8,44-34)28-12-13-33(11-2,41-28)31-21(4)17-27(40-31)29-20(3)16-22(5)35(38,19-36)43-29/h10,20-31,36-38H,11-19H2,1-9H3/t20-,21-,22+,23+,24-,25-,26-,27?,28+,29-,30-,31+,32-,33-,34?,35-/m0/s1. The van der Waals surface area contributed by atoms with Gasteiger partial charge in [-0.25, -0.2) is 0 Å². The van der Waals surface area contributed by atoms with Crippen molar-refractivity contribution in [2.24, 2.45) is 29.6 Å². The van der Waals surface area contributed by atoms with E-state index in [2.05, 4.69) is 48.0 Å². The van der Waals surface area contributed by atoms with Crippen LogP contribution in [0.25, 0.3) is 0 Å². The number of rotatable bonds is 9. The Morgan fingerprint density at radius 3 is 2.39 bits per heavy atom. The van der Waals surface area contributed by atoms with Gasteiger partial charge >= 0.3 is 0 Å². The Balaban J connectivity index is 1.28. The maximum absolute atomic E-state index is 11.2. The van der Waals surface area contributed by atoms with Crippen molar-refractivity contribution in [2.75, 3.05) is 13.7 Å². The van der Waals surface area contributed by atoms with Crippen molar-refractivity contribution < 1.29 is 43.7 Å².